The molecule has 10 heteroatoms. The number of nitrogens with one attached hydrogen (secondary N) is 1. The zero-order valence-electron chi connectivity index (χ0n) is 20.8. The minimum absolute atomic E-state index is 0.110. The second-order valence-electron chi connectivity index (χ2n) is 8.73. The van der Waals surface area contributed by atoms with Gasteiger partial charge in [0, 0.05) is 30.1 Å². The van der Waals surface area contributed by atoms with Gasteiger partial charge in [-0.3, -0.25) is 13.9 Å². The summed E-state index contributed by atoms with van der Waals surface area (Å²) in [5, 5.41) is 3.11. The van der Waals surface area contributed by atoms with E-state index in [1.807, 2.05) is 61.5 Å². The first kappa shape index (κ1) is 28.5. The Bertz CT molecular complexity index is 1350. The Morgan fingerprint density at radius 1 is 0.919 bits per heavy atom. The number of rotatable bonds is 10. The second kappa shape index (κ2) is 12.4. The van der Waals surface area contributed by atoms with Crippen LogP contribution in [0.5, 0.6) is 0 Å². The number of benzene rings is 3. The molecule has 3 rings (SSSR count). The van der Waals surface area contributed by atoms with Gasteiger partial charge in [-0.1, -0.05) is 83.4 Å². The first-order chi connectivity index (χ1) is 17.5. The van der Waals surface area contributed by atoms with Crippen LogP contribution < -0.4 is 9.62 Å². The summed E-state index contributed by atoms with van der Waals surface area (Å²) in [6, 6.07) is 20.4. The molecule has 3 aromatic rings. The van der Waals surface area contributed by atoms with E-state index in [-0.39, 0.29) is 34.6 Å². The number of aryl methyl sites for hydroxylation is 1. The molecule has 1 N–H and O–H groups in total. The zero-order valence-corrected chi connectivity index (χ0v) is 23.1. The maximum atomic E-state index is 13.9. The average Bonchev–Trinajstić information content (AvgIpc) is 2.83. The van der Waals surface area contributed by atoms with Crippen molar-refractivity contribution in [2.45, 2.75) is 25.9 Å². The van der Waals surface area contributed by atoms with E-state index in [9.17, 15) is 18.0 Å². The number of halogens is 2. The standard InChI is InChI=1S/C27H29Cl2N3O4S/c1-19-8-7-11-21(12-19)17-31(25(27(34)30-2)13-20-9-5-4-6-10-20)26(33)18-32(37(3,35)36)24-15-22(28)14-23(29)16-24/h4-12,14-16,25H,13,17-18H2,1-3H3,(H,30,34). The lowest BCUT2D eigenvalue weighted by Crippen LogP contribution is -2.52. The van der Waals surface area contributed by atoms with Gasteiger partial charge in [0.25, 0.3) is 0 Å². The van der Waals surface area contributed by atoms with Gasteiger partial charge >= 0.3 is 0 Å². The van der Waals surface area contributed by atoms with E-state index in [4.69, 9.17) is 23.2 Å². The normalized spacial score (nSPS) is 12.0. The summed E-state index contributed by atoms with van der Waals surface area (Å²) in [5.74, 6) is -0.908. The highest BCUT2D eigenvalue weighted by atomic mass is 35.5. The highest BCUT2D eigenvalue weighted by Crippen LogP contribution is 2.27. The lowest BCUT2D eigenvalue weighted by Gasteiger charge is -2.33. The van der Waals surface area contributed by atoms with Crippen molar-refractivity contribution in [3.05, 3.63) is 99.5 Å². The molecule has 0 aliphatic heterocycles. The van der Waals surface area contributed by atoms with E-state index in [0.29, 0.717) is 0 Å². The van der Waals surface area contributed by atoms with Crippen LogP contribution in [0.1, 0.15) is 16.7 Å². The minimum atomic E-state index is -3.90. The minimum Gasteiger partial charge on any atom is -0.357 e. The van der Waals surface area contributed by atoms with Crippen LogP contribution in [0.15, 0.2) is 72.8 Å². The summed E-state index contributed by atoms with van der Waals surface area (Å²) in [7, 11) is -2.40. The van der Waals surface area contributed by atoms with Gasteiger partial charge in [-0.05, 0) is 36.2 Å². The van der Waals surface area contributed by atoms with E-state index in [1.165, 1.54) is 30.1 Å². The van der Waals surface area contributed by atoms with Crippen LogP contribution in [0.2, 0.25) is 10.0 Å². The Balaban J connectivity index is 2.04. The molecule has 0 bridgehead atoms. The van der Waals surface area contributed by atoms with E-state index in [1.54, 1.807) is 0 Å². The third-order valence-corrected chi connectivity index (χ3v) is 7.34. The van der Waals surface area contributed by atoms with Crippen LogP contribution in [0.25, 0.3) is 0 Å². The lowest BCUT2D eigenvalue weighted by molar-refractivity contribution is -0.139. The highest BCUT2D eigenvalue weighted by Gasteiger charge is 2.32. The average molecular weight is 563 g/mol. The van der Waals surface area contributed by atoms with Gasteiger partial charge < -0.3 is 10.2 Å². The quantitative estimate of drug-likeness (QED) is 0.396. The monoisotopic (exact) mass is 561 g/mol. The summed E-state index contributed by atoms with van der Waals surface area (Å²) in [6.07, 6.45) is 1.25. The molecule has 196 valence electrons. The van der Waals surface area contributed by atoms with Crippen LogP contribution in [0.3, 0.4) is 0 Å². The van der Waals surface area contributed by atoms with Crippen molar-refractivity contribution in [2.24, 2.45) is 0 Å². The van der Waals surface area contributed by atoms with Gasteiger partial charge in [0.1, 0.15) is 12.6 Å². The predicted octanol–water partition coefficient (Wildman–Crippen LogP) is 4.45. The number of carbonyl (C=O) groups is 2. The molecule has 0 radical (unpaired) electrons. The van der Waals surface area contributed by atoms with Gasteiger partial charge in [-0.2, -0.15) is 0 Å². The number of hydrogen-bond acceptors (Lipinski definition) is 4. The Morgan fingerprint density at radius 3 is 2.11 bits per heavy atom. The summed E-state index contributed by atoms with van der Waals surface area (Å²) >= 11 is 12.2. The first-order valence-corrected chi connectivity index (χ1v) is 14.1. The Labute approximate surface area is 228 Å². The van der Waals surface area contributed by atoms with Gasteiger partial charge in [-0.15, -0.1) is 0 Å². The number of carbonyl (C=O) groups excluding carboxylic acids is 2. The van der Waals surface area contributed by atoms with Crippen molar-refractivity contribution in [2.75, 3.05) is 24.2 Å². The second-order valence-corrected chi connectivity index (χ2v) is 11.5. The number of anilines is 1. The van der Waals surface area contributed by atoms with Gasteiger partial charge in [0.2, 0.25) is 21.8 Å². The fraction of sp³-hybridized carbons (Fsp3) is 0.259. The number of likely N-dealkylation sites (N-methyl/N-ethyl adjacent to an activating group) is 1. The predicted molar refractivity (Wildman–Crippen MR) is 148 cm³/mol. The Morgan fingerprint density at radius 2 is 1.54 bits per heavy atom. The molecule has 0 heterocycles. The molecule has 1 unspecified atom stereocenters. The fourth-order valence-corrected chi connectivity index (χ4v) is 5.37. The van der Waals surface area contributed by atoms with Gasteiger partial charge in [-0.25, -0.2) is 8.42 Å². The SMILES string of the molecule is CNC(=O)C(Cc1ccccc1)N(Cc1cccc(C)c1)C(=O)CN(c1cc(Cl)cc(Cl)c1)S(C)(=O)=O. The summed E-state index contributed by atoms with van der Waals surface area (Å²) in [5.41, 5.74) is 2.82. The number of sulfonamides is 1. The molecule has 3 aromatic carbocycles. The van der Waals surface area contributed by atoms with Crippen LogP contribution in [0, 0.1) is 6.92 Å². The van der Waals surface area contributed by atoms with Crippen molar-refractivity contribution in [1.82, 2.24) is 10.2 Å². The first-order valence-electron chi connectivity index (χ1n) is 11.5. The largest absolute Gasteiger partial charge is 0.357 e. The van der Waals surface area contributed by atoms with E-state index in [2.05, 4.69) is 5.32 Å². The number of nitrogens with zero attached hydrogens (tertiary/aromatic N) is 2. The molecule has 1 atom stereocenters. The zero-order chi connectivity index (χ0) is 27.2. The van der Waals surface area contributed by atoms with E-state index in [0.717, 1.165) is 27.3 Å². The maximum Gasteiger partial charge on any atom is 0.244 e. The molecule has 0 saturated heterocycles. The highest BCUT2D eigenvalue weighted by molar-refractivity contribution is 7.92. The lowest BCUT2D eigenvalue weighted by atomic mass is 10.0. The maximum absolute atomic E-state index is 13.9. The molecular formula is C27H29Cl2N3O4S. The van der Waals surface area contributed by atoms with Crippen molar-refractivity contribution in [3.8, 4) is 0 Å². The van der Waals surface area contributed by atoms with Gasteiger partial charge in [0.15, 0.2) is 0 Å². The molecule has 0 aromatic heterocycles. The third-order valence-electron chi connectivity index (χ3n) is 5.77. The fourth-order valence-electron chi connectivity index (χ4n) is 4.02. The molecule has 0 fully saturated rings. The molecule has 0 aliphatic carbocycles. The molecule has 7 nitrogen and oxygen atoms in total. The smallest absolute Gasteiger partial charge is 0.244 e. The van der Waals surface area contributed by atoms with Crippen LogP contribution in [0.4, 0.5) is 5.69 Å². The summed E-state index contributed by atoms with van der Waals surface area (Å²) in [6.45, 7) is 1.51. The third kappa shape index (κ3) is 7.95. The van der Waals surface area contributed by atoms with Crippen LogP contribution >= 0.6 is 23.2 Å². The van der Waals surface area contributed by atoms with Crippen molar-refractivity contribution < 1.29 is 18.0 Å². The molecule has 0 aliphatic rings. The molecule has 0 saturated carbocycles. The molecule has 37 heavy (non-hydrogen) atoms. The van der Waals surface area contributed by atoms with Crippen LogP contribution in [-0.2, 0) is 32.6 Å². The van der Waals surface area contributed by atoms with Crippen molar-refractivity contribution in [1.29, 1.82) is 0 Å². The molecule has 2 amide bonds. The Hall–Kier alpha value is -3.07. The Kier molecular flexibility index (Phi) is 9.59. The van der Waals surface area contributed by atoms with E-state index >= 15 is 0 Å². The van der Waals surface area contributed by atoms with Crippen molar-refractivity contribution in [3.63, 3.8) is 0 Å². The van der Waals surface area contributed by atoms with E-state index < -0.39 is 28.5 Å². The van der Waals surface area contributed by atoms with Crippen molar-refractivity contribution >= 4 is 50.7 Å². The molecule has 0 spiro atoms. The van der Waals surface area contributed by atoms with Crippen LogP contribution in [-0.4, -0.2) is 51.0 Å². The topological polar surface area (TPSA) is 86.8 Å². The molecular weight excluding hydrogens is 533 g/mol. The number of amides is 2. The summed E-state index contributed by atoms with van der Waals surface area (Å²) < 4.78 is 26.5. The number of hydrogen-bond donors (Lipinski definition) is 1. The summed E-state index contributed by atoms with van der Waals surface area (Å²) in [4.78, 5) is 28.4. The van der Waals surface area contributed by atoms with Gasteiger partial charge in [0.05, 0.1) is 11.9 Å².